The Kier molecular flexibility index (Phi) is 11.3. The van der Waals surface area contributed by atoms with Gasteiger partial charge in [0, 0.05) is 11.5 Å². The molecule has 0 aliphatic heterocycles. The lowest BCUT2D eigenvalue weighted by Crippen LogP contribution is -2.54. The number of nitrogens with two attached hydrogens (primary N) is 1. The van der Waals surface area contributed by atoms with Crippen molar-refractivity contribution in [1.29, 1.82) is 0 Å². The standard InChI is InChI=1S/C14H26N4O5S2/c1-7(2)3-9(14(22)23)18-13(21)10(6-25)17-11(19)4-16-12(20)8(15)5-24/h7-10,24-25H,3-6,15H2,1-2H3,(H,16,20)(H,17,19)(H,18,21)(H,22,23). The number of amides is 3. The summed E-state index contributed by atoms with van der Waals surface area (Å²) < 4.78 is 0. The highest BCUT2D eigenvalue weighted by Crippen LogP contribution is 2.05. The number of aliphatic carboxylic acids is 1. The largest absolute Gasteiger partial charge is 0.480 e. The van der Waals surface area contributed by atoms with E-state index in [1.807, 2.05) is 13.8 Å². The van der Waals surface area contributed by atoms with E-state index in [4.69, 9.17) is 10.8 Å². The summed E-state index contributed by atoms with van der Waals surface area (Å²) in [5.74, 6) is -2.81. The molecule has 11 heteroatoms. The van der Waals surface area contributed by atoms with Crippen LogP contribution in [0.1, 0.15) is 20.3 Å². The zero-order chi connectivity index (χ0) is 19.6. The molecule has 144 valence electrons. The van der Waals surface area contributed by atoms with Gasteiger partial charge in [-0.25, -0.2) is 4.79 Å². The lowest BCUT2D eigenvalue weighted by atomic mass is 10.0. The van der Waals surface area contributed by atoms with Crippen LogP contribution >= 0.6 is 25.3 Å². The summed E-state index contributed by atoms with van der Waals surface area (Å²) in [6.45, 7) is 3.29. The van der Waals surface area contributed by atoms with Crippen LogP contribution in [-0.4, -0.2) is 65.0 Å². The fraction of sp³-hybridized carbons (Fsp3) is 0.714. The molecule has 0 spiro atoms. The van der Waals surface area contributed by atoms with Crippen LogP contribution in [0.3, 0.4) is 0 Å². The van der Waals surface area contributed by atoms with Crippen molar-refractivity contribution in [2.24, 2.45) is 11.7 Å². The Labute approximate surface area is 157 Å². The van der Waals surface area contributed by atoms with Crippen LogP contribution in [0.4, 0.5) is 0 Å². The van der Waals surface area contributed by atoms with Crippen LogP contribution in [-0.2, 0) is 19.2 Å². The zero-order valence-corrected chi connectivity index (χ0v) is 16.0. The summed E-state index contributed by atoms with van der Waals surface area (Å²) in [7, 11) is 0. The summed E-state index contributed by atoms with van der Waals surface area (Å²) in [4.78, 5) is 46.6. The molecule has 0 fully saturated rings. The van der Waals surface area contributed by atoms with Gasteiger partial charge in [-0.05, 0) is 12.3 Å². The lowest BCUT2D eigenvalue weighted by Gasteiger charge is -2.21. The minimum Gasteiger partial charge on any atom is -0.480 e. The van der Waals surface area contributed by atoms with Crippen molar-refractivity contribution in [2.45, 2.75) is 38.4 Å². The van der Waals surface area contributed by atoms with Crippen molar-refractivity contribution in [3.63, 3.8) is 0 Å². The first-order chi connectivity index (χ1) is 11.6. The molecule has 0 aliphatic rings. The third-order valence-corrected chi connectivity index (χ3v) is 3.87. The smallest absolute Gasteiger partial charge is 0.326 e. The summed E-state index contributed by atoms with van der Waals surface area (Å²) in [6, 6.07) is -2.92. The maximum Gasteiger partial charge on any atom is 0.326 e. The molecular formula is C14H26N4O5S2. The summed E-state index contributed by atoms with van der Waals surface area (Å²) in [5.41, 5.74) is 5.45. The molecule has 0 bridgehead atoms. The Morgan fingerprint density at radius 1 is 1.00 bits per heavy atom. The molecular weight excluding hydrogens is 368 g/mol. The number of carbonyl (C=O) groups is 4. The molecule has 6 N–H and O–H groups in total. The quantitative estimate of drug-likeness (QED) is 0.210. The van der Waals surface area contributed by atoms with Gasteiger partial charge in [-0.2, -0.15) is 25.3 Å². The zero-order valence-electron chi connectivity index (χ0n) is 14.2. The number of thiol groups is 2. The second kappa shape index (κ2) is 12.0. The molecule has 25 heavy (non-hydrogen) atoms. The van der Waals surface area contributed by atoms with Crippen molar-refractivity contribution in [3.8, 4) is 0 Å². The van der Waals surface area contributed by atoms with Crippen LogP contribution < -0.4 is 21.7 Å². The van der Waals surface area contributed by atoms with Gasteiger partial charge >= 0.3 is 5.97 Å². The maximum atomic E-state index is 12.1. The molecule has 3 atom stereocenters. The van der Waals surface area contributed by atoms with Crippen LogP contribution in [0.25, 0.3) is 0 Å². The third-order valence-electron chi connectivity index (χ3n) is 3.11. The monoisotopic (exact) mass is 394 g/mol. The Bertz CT molecular complexity index is 490. The summed E-state index contributed by atoms with van der Waals surface area (Å²) >= 11 is 7.86. The molecule has 0 saturated heterocycles. The van der Waals surface area contributed by atoms with Gasteiger partial charge in [-0.15, -0.1) is 0 Å². The lowest BCUT2D eigenvalue weighted by molar-refractivity contribution is -0.142. The average Bonchev–Trinajstić information content (AvgIpc) is 2.55. The molecule has 0 radical (unpaired) electrons. The molecule has 3 unspecified atom stereocenters. The maximum absolute atomic E-state index is 12.1. The first-order valence-corrected chi connectivity index (χ1v) is 8.96. The van der Waals surface area contributed by atoms with E-state index in [9.17, 15) is 19.2 Å². The van der Waals surface area contributed by atoms with Crippen LogP contribution in [0.5, 0.6) is 0 Å². The first kappa shape index (κ1) is 23.5. The SMILES string of the molecule is CC(C)CC(NC(=O)C(CS)NC(=O)CNC(=O)C(N)CS)C(=O)O. The minimum atomic E-state index is -1.15. The van der Waals surface area contributed by atoms with Crippen molar-refractivity contribution < 1.29 is 24.3 Å². The molecule has 3 amide bonds. The van der Waals surface area contributed by atoms with E-state index in [1.165, 1.54) is 0 Å². The number of nitrogens with one attached hydrogen (secondary N) is 3. The van der Waals surface area contributed by atoms with E-state index in [1.54, 1.807) is 0 Å². The fourth-order valence-electron chi connectivity index (χ4n) is 1.79. The predicted molar refractivity (Wildman–Crippen MR) is 99.6 cm³/mol. The molecule has 0 saturated carbocycles. The van der Waals surface area contributed by atoms with E-state index < -0.39 is 41.8 Å². The molecule has 0 rings (SSSR count). The van der Waals surface area contributed by atoms with Crippen molar-refractivity contribution >= 4 is 48.9 Å². The van der Waals surface area contributed by atoms with Crippen LogP contribution in [0, 0.1) is 5.92 Å². The Balaban J connectivity index is 4.60. The normalized spacial score (nSPS) is 14.3. The van der Waals surface area contributed by atoms with Crippen LogP contribution in [0.15, 0.2) is 0 Å². The van der Waals surface area contributed by atoms with Gasteiger partial charge in [0.15, 0.2) is 0 Å². The van der Waals surface area contributed by atoms with Gasteiger partial charge in [0.2, 0.25) is 17.7 Å². The van der Waals surface area contributed by atoms with Gasteiger partial charge in [0.25, 0.3) is 0 Å². The Morgan fingerprint density at radius 2 is 1.60 bits per heavy atom. The van der Waals surface area contributed by atoms with Crippen LogP contribution in [0.2, 0.25) is 0 Å². The van der Waals surface area contributed by atoms with Gasteiger partial charge in [-0.3, -0.25) is 14.4 Å². The number of carboxylic acid groups (broad SMARTS) is 1. The van der Waals surface area contributed by atoms with Crippen molar-refractivity contribution in [3.05, 3.63) is 0 Å². The molecule has 0 aromatic carbocycles. The van der Waals surface area contributed by atoms with Gasteiger partial charge in [0.1, 0.15) is 12.1 Å². The third kappa shape index (κ3) is 9.56. The van der Waals surface area contributed by atoms with Crippen molar-refractivity contribution in [2.75, 3.05) is 18.1 Å². The molecule has 0 aromatic heterocycles. The number of rotatable bonds is 11. The van der Waals surface area contributed by atoms with E-state index in [0.29, 0.717) is 0 Å². The number of hydrogen-bond donors (Lipinski definition) is 7. The fourth-order valence-corrected chi connectivity index (χ4v) is 2.21. The number of carboxylic acids is 1. The average molecular weight is 395 g/mol. The van der Waals surface area contributed by atoms with Gasteiger partial charge < -0.3 is 26.8 Å². The molecule has 0 aromatic rings. The van der Waals surface area contributed by atoms with E-state index in [0.717, 1.165) is 0 Å². The molecule has 9 nitrogen and oxygen atoms in total. The van der Waals surface area contributed by atoms with E-state index in [-0.39, 0.29) is 30.4 Å². The molecule has 0 heterocycles. The predicted octanol–water partition coefficient (Wildman–Crippen LogP) is -1.61. The topological polar surface area (TPSA) is 151 Å². The van der Waals surface area contributed by atoms with E-state index in [2.05, 4.69) is 41.2 Å². The highest BCUT2D eigenvalue weighted by Gasteiger charge is 2.26. The summed E-state index contributed by atoms with van der Waals surface area (Å²) in [5, 5.41) is 16.2. The van der Waals surface area contributed by atoms with E-state index >= 15 is 0 Å². The number of carbonyl (C=O) groups excluding carboxylic acids is 3. The Morgan fingerprint density at radius 3 is 2.04 bits per heavy atom. The highest BCUT2D eigenvalue weighted by atomic mass is 32.1. The highest BCUT2D eigenvalue weighted by molar-refractivity contribution is 7.80. The molecule has 0 aliphatic carbocycles. The first-order valence-electron chi connectivity index (χ1n) is 7.69. The minimum absolute atomic E-state index is 0.0321. The second-order valence-electron chi connectivity index (χ2n) is 5.84. The van der Waals surface area contributed by atoms with Gasteiger partial charge in [0.05, 0.1) is 12.6 Å². The Hall–Kier alpha value is -1.46. The number of hydrogen-bond acceptors (Lipinski definition) is 7. The van der Waals surface area contributed by atoms with Gasteiger partial charge in [-0.1, -0.05) is 13.8 Å². The second-order valence-corrected chi connectivity index (χ2v) is 6.57. The summed E-state index contributed by atoms with van der Waals surface area (Å²) in [6.07, 6.45) is 0.256. The van der Waals surface area contributed by atoms with Crippen molar-refractivity contribution in [1.82, 2.24) is 16.0 Å².